The molecule has 3 aliphatic rings. The fraction of sp³-hybridized carbons (Fsp3) is 1.00. The second-order valence-electron chi connectivity index (χ2n) is 9.51. The summed E-state index contributed by atoms with van der Waals surface area (Å²) in [5.41, 5.74) is 0. The van der Waals surface area contributed by atoms with Gasteiger partial charge in [-0.3, -0.25) is 0 Å². The minimum Gasteiger partial charge on any atom is -0.247 e. The molecule has 0 heterocycles. The molecule has 0 radical (unpaired) electrons. The molecule has 140 valence electrons. The maximum absolute atomic E-state index is 14.7. The van der Waals surface area contributed by atoms with E-state index in [1.54, 1.807) is 0 Å². The van der Waals surface area contributed by atoms with Gasteiger partial charge in [-0.15, -0.1) is 0 Å². The van der Waals surface area contributed by atoms with Gasteiger partial charge in [0.05, 0.1) is 0 Å². The molecule has 0 aromatic rings. The minimum absolute atomic E-state index is 0.412. The van der Waals surface area contributed by atoms with Crippen molar-refractivity contribution in [3.05, 3.63) is 0 Å². The van der Waals surface area contributed by atoms with E-state index in [1.807, 2.05) is 0 Å². The summed E-state index contributed by atoms with van der Waals surface area (Å²) in [6.45, 7) is 4.60. The number of alkyl halides is 1. The van der Waals surface area contributed by atoms with Crippen molar-refractivity contribution in [3.63, 3.8) is 0 Å². The third kappa shape index (κ3) is 4.55. The molecule has 3 saturated carbocycles. The molecule has 0 saturated heterocycles. The average Bonchev–Trinajstić information content (AvgIpc) is 2.62. The normalized spacial score (nSPS) is 44.4. The molecule has 3 atom stereocenters. The zero-order valence-electron chi connectivity index (χ0n) is 16.3. The van der Waals surface area contributed by atoms with E-state index in [9.17, 15) is 4.39 Å². The van der Waals surface area contributed by atoms with E-state index >= 15 is 0 Å². The molecular weight excluding hydrogens is 295 g/mol. The van der Waals surface area contributed by atoms with Crippen molar-refractivity contribution >= 4 is 0 Å². The highest BCUT2D eigenvalue weighted by Gasteiger charge is 2.38. The van der Waals surface area contributed by atoms with Crippen molar-refractivity contribution < 1.29 is 4.39 Å². The quantitative estimate of drug-likeness (QED) is 0.486. The summed E-state index contributed by atoms with van der Waals surface area (Å²) in [5.74, 6) is 4.82. The van der Waals surface area contributed by atoms with E-state index < -0.39 is 6.17 Å². The van der Waals surface area contributed by atoms with Gasteiger partial charge in [0.15, 0.2) is 0 Å². The smallest absolute Gasteiger partial charge is 0.103 e. The molecule has 0 aromatic carbocycles. The van der Waals surface area contributed by atoms with Gasteiger partial charge in [0.25, 0.3) is 0 Å². The predicted octanol–water partition coefficient (Wildman–Crippen LogP) is 7.56. The summed E-state index contributed by atoms with van der Waals surface area (Å²) < 4.78 is 14.7. The molecule has 0 bridgehead atoms. The Kier molecular flexibility index (Phi) is 7.05. The monoisotopic (exact) mass is 336 g/mol. The molecule has 0 aliphatic heterocycles. The van der Waals surface area contributed by atoms with Gasteiger partial charge in [-0.1, -0.05) is 46.0 Å². The highest BCUT2D eigenvalue weighted by Crippen LogP contribution is 2.47. The van der Waals surface area contributed by atoms with Crippen LogP contribution >= 0.6 is 0 Å². The highest BCUT2D eigenvalue weighted by molar-refractivity contribution is 4.89. The van der Waals surface area contributed by atoms with E-state index in [2.05, 4.69) is 13.8 Å². The van der Waals surface area contributed by atoms with Gasteiger partial charge in [0.2, 0.25) is 0 Å². The van der Waals surface area contributed by atoms with Crippen LogP contribution in [0.15, 0.2) is 0 Å². The molecule has 0 spiro atoms. The Morgan fingerprint density at radius 3 is 1.75 bits per heavy atom. The van der Waals surface area contributed by atoms with Crippen LogP contribution in [-0.4, -0.2) is 6.17 Å². The first-order valence-electron chi connectivity index (χ1n) is 11.3. The Labute approximate surface area is 150 Å². The third-order valence-corrected chi connectivity index (χ3v) is 8.19. The van der Waals surface area contributed by atoms with E-state index in [4.69, 9.17) is 0 Å². The summed E-state index contributed by atoms with van der Waals surface area (Å²) in [4.78, 5) is 0. The topological polar surface area (TPSA) is 0 Å². The van der Waals surface area contributed by atoms with Gasteiger partial charge in [0, 0.05) is 0 Å². The van der Waals surface area contributed by atoms with Gasteiger partial charge in [-0.05, 0) is 93.3 Å². The van der Waals surface area contributed by atoms with Crippen molar-refractivity contribution in [2.75, 3.05) is 0 Å². The molecule has 0 N–H and O–H groups in total. The van der Waals surface area contributed by atoms with E-state index in [-0.39, 0.29) is 0 Å². The largest absolute Gasteiger partial charge is 0.247 e. The zero-order valence-corrected chi connectivity index (χ0v) is 16.3. The molecule has 0 amide bonds. The molecule has 3 aliphatic carbocycles. The predicted molar refractivity (Wildman–Crippen MR) is 102 cm³/mol. The fourth-order valence-electron chi connectivity index (χ4n) is 6.53. The summed E-state index contributed by atoms with van der Waals surface area (Å²) in [5, 5.41) is 0. The first-order chi connectivity index (χ1) is 11.7. The van der Waals surface area contributed by atoms with Crippen LogP contribution in [0.3, 0.4) is 0 Å². The standard InChI is InChI=1S/C23H41F/c1-3-5-18-8-15-22(23(24)16-18)21-13-11-20(12-14-21)19-9-6-17(4-2)7-10-19/h17-23H,3-16H2,1-2H3. The van der Waals surface area contributed by atoms with Gasteiger partial charge in [-0.25, -0.2) is 4.39 Å². The molecule has 3 unspecified atom stereocenters. The van der Waals surface area contributed by atoms with Crippen LogP contribution in [0.25, 0.3) is 0 Å². The number of hydrogen-bond donors (Lipinski definition) is 0. The Hall–Kier alpha value is -0.0700. The lowest BCUT2D eigenvalue weighted by Gasteiger charge is -2.42. The van der Waals surface area contributed by atoms with Crippen molar-refractivity contribution in [1.29, 1.82) is 0 Å². The van der Waals surface area contributed by atoms with Crippen LogP contribution in [0.5, 0.6) is 0 Å². The number of hydrogen-bond acceptors (Lipinski definition) is 0. The Balaban J connectivity index is 1.42. The van der Waals surface area contributed by atoms with Crippen molar-refractivity contribution in [2.24, 2.45) is 35.5 Å². The van der Waals surface area contributed by atoms with Crippen LogP contribution in [-0.2, 0) is 0 Å². The maximum atomic E-state index is 14.7. The van der Waals surface area contributed by atoms with Gasteiger partial charge < -0.3 is 0 Å². The van der Waals surface area contributed by atoms with Crippen molar-refractivity contribution in [2.45, 2.75) is 110 Å². The summed E-state index contributed by atoms with van der Waals surface area (Å²) in [6.07, 6.45) is 18.2. The Bertz CT molecular complexity index is 349. The average molecular weight is 337 g/mol. The van der Waals surface area contributed by atoms with E-state index in [1.165, 1.54) is 83.5 Å². The first-order valence-corrected chi connectivity index (χ1v) is 11.3. The summed E-state index contributed by atoms with van der Waals surface area (Å²) >= 11 is 0. The first kappa shape index (κ1) is 18.7. The summed E-state index contributed by atoms with van der Waals surface area (Å²) in [7, 11) is 0. The van der Waals surface area contributed by atoms with Crippen LogP contribution in [0.2, 0.25) is 0 Å². The number of rotatable bonds is 5. The third-order valence-electron chi connectivity index (χ3n) is 8.19. The molecule has 3 rings (SSSR count). The Morgan fingerprint density at radius 1 is 0.667 bits per heavy atom. The molecule has 24 heavy (non-hydrogen) atoms. The second kappa shape index (κ2) is 9.04. The lowest BCUT2D eigenvalue weighted by Crippen LogP contribution is -2.35. The summed E-state index contributed by atoms with van der Waals surface area (Å²) in [6, 6.07) is 0. The van der Waals surface area contributed by atoms with Crippen molar-refractivity contribution in [3.8, 4) is 0 Å². The zero-order chi connectivity index (χ0) is 16.9. The van der Waals surface area contributed by atoms with Crippen LogP contribution in [0, 0.1) is 35.5 Å². The second-order valence-corrected chi connectivity index (χ2v) is 9.51. The van der Waals surface area contributed by atoms with Gasteiger partial charge in [-0.2, -0.15) is 0 Å². The highest BCUT2D eigenvalue weighted by atomic mass is 19.1. The van der Waals surface area contributed by atoms with Crippen LogP contribution < -0.4 is 0 Å². The molecule has 0 aromatic heterocycles. The number of halogens is 1. The molecule has 1 heteroatoms. The van der Waals surface area contributed by atoms with Gasteiger partial charge in [0.1, 0.15) is 6.17 Å². The lowest BCUT2D eigenvalue weighted by atomic mass is 9.64. The molecular formula is C23H41F. The SMILES string of the molecule is CCCC1CCC(C2CCC(C3CCC(CC)CC3)CC2)C(F)C1. The van der Waals surface area contributed by atoms with Crippen LogP contribution in [0.4, 0.5) is 4.39 Å². The van der Waals surface area contributed by atoms with Gasteiger partial charge >= 0.3 is 0 Å². The minimum atomic E-state index is -0.489. The lowest BCUT2D eigenvalue weighted by molar-refractivity contribution is 0.0455. The maximum Gasteiger partial charge on any atom is 0.103 e. The fourth-order valence-corrected chi connectivity index (χ4v) is 6.53. The Morgan fingerprint density at radius 2 is 1.21 bits per heavy atom. The van der Waals surface area contributed by atoms with Crippen LogP contribution in [0.1, 0.15) is 104 Å². The molecule has 0 nitrogen and oxygen atoms in total. The molecule has 3 fully saturated rings. The van der Waals surface area contributed by atoms with E-state index in [0.29, 0.717) is 17.8 Å². The van der Waals surface area contributed by atoms with Crippen molar-refractivity contribution in [1.82, 2.24) is 0 Å². The van der Waals surface area contributed by atoms with E-state index in [0.717, 1.165) is 24.2 Å².